The largest absolute Gasteiger partial charge is 0.477 e. The second kappa shape index (κ2) is 4.49. The molecule has 0 bridgehead atoms. The van der Waals surface area contributed by atoms with E-state index in [1.807, 2.05) is 25.2 Å². The number of hydrogen-bond acceptors (Lipinski definition) is 3. The van der Waals surface area contributed by atoms with Crippen LogP contribution >= 0.6 is 11.3 Å². The molecular formula is C12H16N2O2S. The van der Waals surface area contributed by atoms with Gasteiger partial charge in [0.15, 0.2) is 10.7 Å². The van der Waals surface area contributed by atoms with E-state index in [2.05, 4.69) is 4.98 Å². The molecule has 0 atom stereocenters. The van der Waals surface area contributed by atoms with Crippen LogP contribution in [0.3, 0.4) is 0 Å². The summed E-state index contributed by atoms with van der Waals surface area (Å²) < 4.78 is 1.81. The summed E-state index contributed by atoms with van der Waals surface area (Å²) in [4.78, 5) is 17.8. The van der Waals surface area contributed by atoms with Crippen LogP contribution < -0.4 is 0 Å². The Hall–Kier alpha value is -1.36. The second-order valence-electron chi connectivity index (χ2n) is 4.04. The first kappa shape index (κ1) is 12.1. The first-order valence-corrected chi connectivity index (χ1v) is 6.64. The van der Waals surface area contributed by atoms with Crippen molar-refractivity contribution in [1.82, 2.24) is 9.38 Å². The highest BCUT2D eigenvalue weighted by molar-refractivity contribution is 7.17. The number of thiazole rings is 1. The summed E-state index contributed by atoms with van der Waals surface area (Å²) in [6.07, 6.45) is 2.46. The highest BCUT2D eigenvalue weighted by atomic mass is 32.1. The summed E-state index contributed by atoms with van der Waals surface area (Å²) in [5, 5.41) is 9.35. The van der Waals surface area contributed by atoms with Gasteiger partial charge >= 0.3 is 5.97 Å². The fourth-order valence-corrected chi connectivity index (χ4v) is 3.23. The Morgan fingerprint density at radius 2 is 2.18 bits per heavy atom. The molecule has 0 amide bonds. The fourth-order valence-electron chi connectivity index (χ4n) is 2.15. The predicted octanol–water partition coefficient (Wildman–Crippen LogP) is 2.92. The van der Waals surface area contributed by atoms with Gasteiger partial charge in [0.25, 0.3) is 0 Å². The quantitative estimate of drug-likeness (QED) is 0.910. The van der Waals surface area contributed by atoms with E-state index in [9.17, 15) is 9.90 Å². The number of rotatable bonds is 4. The number of nitrogens with zero attached hydrogens (tertiary/aromatic N) is 2. The van der Waals surface area contributed by atoms with Gasteiger partial charge < -0.3 is 5.11 Å². The Morgan fingerprint density at radius 1 is 1.47 bits per heavy atom. The number of aromatic nitrogens is 2. The molecule has 0 aliphatic rings. The molecule has 0 aromatic carbocycles. The first-order chi connectivity index (χ1) is 8.10. The van der Waals surface area contributed by atoms with Gasteiger partial charge in [-0.1, -0.05) is 20.3 Å². The molecule has 0 unspecified atom stereocenters. The van der Waals surface area contributed by atoms with Gasteiger partial charge in [0.1, 0.15) is 0 Å². The number of hydrogen-bond donors (Lipinski definition) is 1. The van der Waals surface area contributed by atoms with Crippen molar-refractivity contribution >= 4 is 22.3 Å². The minimum absolute atomic E-state index is 0.350. The number of imidazole rings is 1. The third kappa shape index (κ3) is 1.84. The van der Waals surface area contributed by atoms with Gasteiger partial charge in [0.2, 0.25) is 0 Å². The number of carbonyl (C=O) groups is 1. The van der Waals surface area contributed by atoms with Crippen molar-refractivity contribution in [2.45, 2.75) is 40.0 Å². The van der Waals surface area contributed by atoms with Crippen molar-refractivity contribution in [3.63, 3.8) is 0 Å². The van der Waals surface area contributed by atoms with E-state index < -0.39 is 5.97 Å². The van der Waals surface area contributed by atoms with Crippen molar-refractivity contribution < 1.29 is 9.90 Å². The van der Waals surface area contributed by atoms with E-state index in [4.69, 9.17) is 0 Å². The summed E-state index contributed by atoms with van der Waals surface area (Å²) in [6.45, 7) is 6.09. The third-order valence-electron chi connectivity index (χ3n) is 2.86. The molecule has 0 saturated carbocycles. The number of aryl methyl sites for hydroxylation is 3. The smallest absolute Gasteiger partial charge is 0.354 e. The van der Waals surface area contributed by atoms with Crippen molar-refractivity contribution in [2.75, 3.05) is 0 Å². The number of carboxylic acids is 1. The van der Waals surface area contributed by atoms with E-state index >= 15 is 0 Å². The van der Waals surface area contributed by atoms with E-state index in [1.165, 1.54) is 0 Å². The molecule has 0 aliphatic heterocycles. The van der Waals surface area contributed by atoms with E-state index in [1.54, 1.807) is 11.3 Å². The van der Waals surface area contributed by atoms with Crippen molar-refractivity contribution in [3.05, 3.63) is 22.0 Å². The van der Waals surface area contributed by atoms with Crippen LogP contribution in [0.4, 0.5) is 0 Å². The zero-order valence-corrected chi connectivity index (χ0v) is 11.1. The van der Waals surface area contributed by atoms with Crippen LogP contribution in [0.5, 0.6) is 0 Å². The SMILES string of the molecule is CCCc1nc2sc(C)c(CC)n2c1C(=O)O. The van der Waals surface area contributed by atoms with Gasteiger partial charge in [-0.3, -0.25) is 4.40 Å². The summed E-state index contributed by atoms with van der Waals surface area (Å²) >= 11 is 1.57. The monoisotopic (exact) mass is 252 g/mol. The van der Waals surface area contributed by atoms with E-state index in [0.29, 0.717) is 11.4 Å². The maximum absolute atomic E-state index is 11.4. The Kier molecular flexibility index (Phi) is 3.19. The molecule has 17 heavy (non-hydrogen) atoms. The molecule has 92 valence electrons. The molecule has 0 aliphatic carbocycles. The van der Waals surface area contributed by atoms with Crippen LogP contribution in [0.1, 0.15) is 47.0 Å². The Balaban J connectivity index is 2.75. The van der Waals surface area contributed by atoms with Crippen LogP contribution in [-0.4, -0.2) is 20.5 Å². The highest BCUT2D eigenvalue weighted by Crippen LogP contribution is 2.26. The topological polar surface area (TPSA) is 54.6 Å². The molecule has 2 aromatic rings. The maximum Gasteiger partial charge on any atom is 0.354 e. The minimum Gasteiger partial charge on any atom is -0.477 e. The first-order valence-electron chi connectivity index (χ1n) is 5.83. The Labute approximate surface area is 104 Å². The molecule has 2 heterocycles. The number of carboxylic acid groups (broad SMARTS) is 1. The van der Waals surface area contributed by atoms with Crippen LogP contribution in [-0.2, 0) is 12.8 Å². The zero-order chi connectivity index (χ0) is 12.6. The van der Waals surface area contributed by atoms with E-state index in [0.717, 1.165) is 34.8 Å². The predicted molar refractivity (Wildman–Crippen MR) is 68.1 cm³/mol. The zero-order valence-electron chi connectivity index (χ0n) is 10.3. The second-order valence-corrected chi connectivity index (χ2v) is 5.22. The molecular weight excluding hydrogens is 236 g/mol. The van der Waals surface area contributed by atoms with Crippen LogP contribution in [0, 0.1) is 6.92 Å². The lowest BCUT2D eigenvalue weighted by atomic mass is 10.2. The van der Waals surface area contributed by atoms with Crippen LogP contribution in [0.2, 0.25) is 0 Å². The Bertz CT molecular complexity index is 569. The normalized spacial score (nSPS) is 11.2. The number of fused-ring (bicyclic) bond motifs is 1. The van der Waals surface area contributed by atoms with Gasteiger partial charge in [0.05, 0.1) is 5.69 Å². The molecule has 0 saturated heterocycles. The lowest BCUT2D eigenvalue weighted by Crippen LogP contribution is -2.07. The molecule has 0 fully saturated rings. The minimum atomic E-state index is -0.881. The van der Waals surface area contributed by atoms with E-state index in [-0.39, 0.29) is 0 Å². The van der Waals surface area contributed by atoms with Crippen molar-refractivity contribution in [3.8, 4) is 0 Å². The fraction of sp³-hybridized carbons (Fsp3) is 0.500. The molecule has 2 rings (SSSR count). The standard InChI is InChI=1S/C12H16N2O2S/c1-4-6-8-10(11(15)16)14-9(5-2)7(3)17-12(14)13-8/h4-6H2,1-3H3,(H,15,16). The Morgan fingerprint density at radius 3 is 2.71 bits per heavy atom. The van der Waals surface area contributed by atoms with Crippen molar-refractivity contribution in [1.29, 1.82) is 0 Å². The molecule has 2 aromatic heterocycles. The van der Waals surface area contributed by atoms with Crippen LogP contribution in [0.15, 0.2) is 0 Å². The third-order valence-corrected chi connectivity index (χ3v) is 3.86. The van der Waals surface area contributed by atoms with Gasteiger partial charge in [-0.05, 0) is 19.8 Å². The lowest BCUT2D eigenvalue weighted by Gasteiger charge is -2.01. The average Bonchev–Trinajstić information content (AvgIpc) is 2.72. The molecule has 1 N–H and O–H groups in total. The van der Waals surface area contributed by atoms with Gasteiger partial charge in [0, 0.05) is 10.6 Å². The molecule has 4 nitrogen and oxygen atoms in total. The summed E-state index contributed by atoms with van der Waals surface area (Å²) in [5.74, 6) is -0.881. The number of aromatic carboxylic acids is 1. The maximum atomic E-state index is 11.4. The summed E-state index contributed by atoms with van der Waals surface area (Å²) in [6, 6.07) is 0. The van der Waals surface area contributed by atoms with Crippen molar-refractivity contribution in [2.24, 2.45) is 0 Å². The molecule has 0 radical (unpaired) electrons. The molecule has 5 heteroatoms. The summed E-state index contributed by atoms with van der Waals surface area (Å²) in [7, 11) is 0. The van der Waals surface area contributed by atoms with Gasteiger partial charge in [-0.25, -0.2) is 9.78 Å². The molecule has 0 spiro atoms. The van der Waals surface area contributed by atoms with Gasteiger partial charge in [-0.2, -0.15) is 0 Å². The van der Waals surface area contributed by atoms with Gasteiger partial charge in [-0.15, -0.1) is 11.3 Å². The van der Waals surface area contributed by atoms with Crippen LogP contribution in [0.25, 0.3) is 4.96 Å². The average molecular weight is 252 g/mol. The lowest BCUT2D eigenvalue weighted by molar-refractivity contribution is 0.0688. The summed E-state index contributed by atoms with van der Waals surface area (Å²) in [5.41, 5.74) is 2.13. The highest BCUT2D eigenvalue weighted by Gasteiger charge is 2.22.